The van der Waals surface area contributed by atoms with Gasteiger partial charge in [-0.05, 0) is 25.1 Å². The molecule has 0 unspecified atom stereocenters. The number of hydrogen-bond acceptors (Lipinski definition) is 8. The third kappa shape index (κ3) is 5.50. The minimum absolute atomic E-state index is 0.0643. The van der Waals surface area contributed by atoms with Crippen LogP contribution in [0, 0.1) is 6.92 Å². The molecule has 1 aliphatic heterocycles. The van der Waals surface area contributed by atoms with E-state index >= 15 is 0 Å². The van der Waals surface area contributed by atoms with E-state index in [9.17, 15) is 4.79 Å². The Labute approximate surface area is 192 Å². The van der Waals surface area contributed by atoms with Crippen molar-refractivity contribution in [2.45, 2.75) is 13.5 Å². The number of nitrogens with zero attached hydrogens (tertiary/aromatic N) is 4. The Morgan fingerprint density at radius 1 is 1.09 bits per heavy atom. The molecule has 2 heterocycles. The van der Waals surface area contributed by atoms with Gasteiger partial charge in [0.25, 0.3) is 5.91 Å². The number of carbonyl (C=O) groups is 1. The quantitative estimate of drug-likeness (QED) is 0.556. The van der Waals surface area contributed by atoms with Crippen LogP contribution in [-0.2, 0) is 6.54 Å². The first-order chi connectivity index (χ1) is 16.1. The highest BCUT2D eigenvalue weighted by atomic mass is 16.5. The highest BCUT2D eigenvalue weighted by Gasteiger charge is 2.24. The number of ether oxygens (including phenoxy) is 2. The molecule has 0 atom stereocenters. The lowest BCUT2D eigenvalue weighted by atomic mass is 10.1. The van der Waals surface area contributed by atoms with Gasteiger partial charge in [0.2, 0.25) is 11.7 Å². The number of methoxy groups -OCH3 is 1. The summed E-state index contributed by atoms with van der Waals surface area (Å²) in [5.74, 6) is 2.04. The molecule has 9 nitrogen and oxygen atoms in total. The summed E-state index contributed by atoms with van der Waals surface area (Å²) in [6.07, 6.45) is 0. The second-order valence-corrected chi connectivity index (χ2v) is 7.88. The highest BCUT2D eigenvalue weighted by molar-refractivity contribution is 5.95. The fourth-order valence-corrected chi connectivity index (χ4v) is 3.70. The summed E-state index contributed by atoms with van der Waals surface area (Å²) < 4.78 is 16.2. The second-order valence-electron chi connectivity index (χ2n) is 7.88. The molecule has 1 N–H and O–H groups in total. The van der Waals surface area contributed by atoms with Crippen LogP contribution in [0.2, 0.25) is 0 Å². The van der Waals surface area contributed by atoms with Crippen LogP contribution in [0.4, 0.5) is 0 Å². The SMILES string of the molecule is COc1ccc(C(=O)N2CCN(Cc3nc(-c4ccc(C)cc4)no3)CC2)cc1OCCO. The molecule has 174 valence electrons. The lowest BCUT2D eigenvalue weighted by Crippen LogP contribution is -2.48. The van der Waals surface area contributed by atoms with Gasteiger partial charge in [0.05, 0.1) is 20.3 Å². The molecule has 0 spiro atoms. The lowest BCUT2D eigenvalue weighted by Gasteiger charge is -2.34. The van der Waals surface area contributed by atoms with Crippen molar-refractivity contribution in [3.05, 3.63) is 59.5 Å². The molecule has 1 aliphatic rings. The van der Waals surface area contributed by atoms with Crippen molar-refractivity contribution in [2.24, 2.45) is 0 Å². The largest absolute Gasteiger partial charge is 0.493 e. The minimum Gasteiger partial charge on any atom is -0.493 e. The topological polar surface area (TPSA) is 101 Å². The van der Waals surface area contributed by atoms with E-state index < -0.39 is 0 Å². The molecule has 2 aromatic carbocycles. The normalized spacial score (nSPS) is 14.3. The van der Waals surface area contributed by atoms with E-state index in [0.29, 0.717) is 61.5 Å². The van der Waals surface area contributed by atoms with E-state index in [0.717, 1.165) is 5.56 Å². The third-order valence-corrected chi connectivity index (χ3v) is 5.56. The highest BCUT2D eigenvalue weighted by Crippen LogP contribution is 2.28. The molecule has 0 saturated carbocycles. The Balaban J connectivity index is 1.33. The summed E-state index contributed by atoms with van der Waals surface area (Å²) in [6, 6.07) is 13.1. The van der Waals surface area contributed by atoms with Crippen molar-refractivity contribution >= 4 is 5.91 Å². The molecule has 9 heteroatoms. The van der Waals surface area contributed by atoms with Gasteiger partial charge in [0.1, 0.15) is 6.61 Å². The number of carbonyl (C=O) groups excluding carboxylic acids is 1. The number of amides is 1. The van der Waals surface area contributed by atoms with Gasteiger partial charge in [0, 0.05) is 37.3 Å². The molecular weight excluding hydrogens is 424 g/mol. The van der Waals surface area contributed by atoms with Crippen LogP contribution in [0.15, 0.2) is 47.0 Å². The van der Waals surface area contributed by atoms with E-state index in [1.54, 1.807) is 18.2 Å². The van der Waals surface area contributed by atoms with E-state index in [1.165, 1.54) is 12.7 Å². The van der Waals surface area contributed by atoms with Crippen molar-refractivity contribution in [2.75, 3.05) is 46.5 Å². The molecule has 3 aromatic rings. The summed E-state index contributed by atoms with van der Waals surface area (Å²) in [7, 11) is 1.54. The smallest absolute Gasteiger partial charge is 0.254 e. The summed E-state index contributed by atoms with van der Waals surface area (Å²) >= 11 is 0. The van der Waals surface area contributed by atoms with E-state index in [-0.39, 0.29) is 19.1 Å². The van der Waals surface area contributed by atoms with Crippen LogP contribution in [0.3, 0.4) is 0 Å². The van der Waals surface area contributed by atoms with Crippen molar-refractivity contribution in [3.63, 3.8) is 0 Å². The van der Waals surface area contributed by atoms with Gasteiger partial charge < -0.3 is 24.0 Å². The van der Waals surface area contributed by atoms with Crippen LogP contribution in [0.5, 0.6) is 11.5 Å². The van der Waals surface area contributed by atoms with Crippen molar-refractivity contribution in [3.8, 4) is 22.9 Å². The Morgan fingerprint density at radius 3 is 2.55 bits per heavy atom. The van der Waals surface area contributed by atoms with Crippen LogP contribution in [-0.4, -0.2) is 77.5 Å². The van der Waals surface area contributed by atoms with E-state index in [2.05, 4.69) is 15.0 Å². The molecule has 0 aliphatic carbocycles. The summed E-state index contributed by atoms with van der Waals surface area (Å²) in [5.41, 5.74) is 2.63. The van der Waals surface area contributed by atoms with Gasteiger partial charge in [-0.25, -0.2) is 0 Å². The van der Waals surface area contributed by atoms with Gasteiger partial charge >= 0.3 is 0 Å². The zero-order valence-corrected chi connectivity index (χ0v) is 18.9. The van der Waals surface area contributed by atoms with Gasteiger partial charge in [-0.15, -0.1) is 0 Å². The minimum atomic E-state index is -0.115. The average molecular weight is 453 g/mol. The number of hydrogen-bond donors (Lipinski definition) is 1. The number of aliphatic hydroxyl groups excluding tert-OH is 1. The average Bonchev–Trinajstić information content (AvgIpc) is 3.31. The Morgan fingerprint density at radius 2 is 1.85 bits per heavy atom. The third-order valence-electron chi connectivity index (χ3n) is 5.56. The van der Waals surface area contributed by atoms with Crippen molar-refractivity contribution in [1.82, 2.24) is 19.9 Å². The molecule has 4 rings (SSSR count). The van der Waals surface area contributed by atoms with Gasteiger partial charge in [0.15, 0.2) is 11.5 Å². The zero-order valence-electron chi connectivity index (χ0n) is 18.9. The summed E-state index contributed by atoms with van der Waals surface area (Å²) in [4.78, 5) is 21.5. The van der Waals surface area contributed by atoms with Gasteiger partial charge in [-0.3, -0.25) is 9.69 Å². The standard InChI is InChI=1S/C24H28N4O5/c1-17-3-5-18(6-4-17)23-25-22(33-26-23)16-27-9-11-28(12-10-27)24(30)19-7-8-20(31-2)21(15-19)32-14-13-29/h3-8,15,29H,9-14,16H2,1-2H3. The first-order valence-electron chi connectivity index (χ1n) is 10.9. The number of rotatable bonds is 8. The molecule has 0 radical (unpaired) electrons. The summed E-state index contributed by atoms with van der Waals surface area (Å²) in [5, 5.41) is 13.1. The predicted molar refractivity (Wildman–Crippen MR) is 121 cm³/mol. The predicted octanol–water partition coefficient (Wildman–Crippen LogP) is 2.38. The van der Waals surface area contributed by atoms with E-state index in [1.807, 2.05) is 36.1 Å². The Bertz CT molecular complexity index is 1070. The molecule has 1 aromatic heterocycles. The van der Waals surface area contributed by atoms with E-state index in [4.69, 9.17) is 19.1 Å². The van der Waals surface area contributed by atoms with Crippen molar-refractivity contribution in [1.29, 1.82) is 0 Å². The zero-order chi connectivity index (χ0) is 23.2. The van der Waals surface area contributed by atoms with Crippen LogP contribution >= 0.6 is 0 Å². The maximum absolute atomic E-state index is 13.0. The number of piperazine rings is 1. The molecule has 1 fully saturated rings. The first-order valence-corrected chi connectivity index (χ1v) is 10.9. The van der Waals surface area contributed by atoms with Gasteiger partial charge in [-0.1, -0.05) is 35.0 Å². The van der Waals surface area contributed by atoms with Gasteiger partial charge in [-0.2, -0.15) is 4.98 Å². The first kappa shape index (κ1) is 22.8. The molecule has 1 saturated heterocycles. The fourth-order valence-electron chi connectivity index (χ4n) is 3.70. The van der Waals surface area contributed by atoms with Crippen LogP contribution < -0.4 is 9.47 Å². The van der Waals surface area contributed by atoms with Crippen molar-refractivity contribution < 1.29 is 23.9 Å². The molecule has 0 bridgehead atoms. The number of aliphatic hydroxyl groups is 1. The Kier molecular flexibility index (Phi) is 7.21. The number of aryl methyl sites for hydroxylation is 1. The Hall–Kier alpha value is -3.43. The lowest BCUT2D eigenvalue weighted by molar-refractivity contribution is 0.0614. The molecule has 33 heavy (non-hydrogen) atoms. The summed E-state index contributed by atoms with van der Waals surface area (Å²) in [6.45, 7) is 5.20. The maximum atomic E-state index is 13.0. The molecular formula is C24H28N4O5. The second kappa shape index (κ2) is 10.5. The fraction of sp³-hybridized carbons (Fsp3) is 0.375. The maximum Gasteiger partial charge on any atom is 0.254 e. The number of benzene rings is 2. The monoisotopic (exact) mass is 452 g/mol. The molecule has 1 amide bonds. The van der Waals surface area contributed by atoms with Crippen LogP contribution in [0.25, 0.3) is 11.4 Å². The van der Waals surface area contributed by atoms with Crippen LogP contribution in [0.1, 0.15) is 21.8 Å². The number of aromatic nitrogens is 2.